The lowest BCUT2D eigenvalue weighted by Gasteiger charge is -2.30. The summed E-state index contributed by atoms with van der Waals surface area (Å²) in [6.45, 7) is 0. The number of hydrogen-bond donors (Lipinski definition) is 2. The fourth-order valence-corrected chi connectivity index (χ4v) is 2.17. The van der Waals surface area contributed by atoms with Crippen LogP contribution in [0.1, 0.15) is 17.5 Å². The van der Waals surface area contributed by atoms with Crippen LogP contribution in [0.4, 0.5) is 0 Å². The topological polar surface area (TPSA) is 63.3 Å². The van der Waals surface area contributed by atoms with Crippen molar-refractivity contribution in [2.45, 2.75) is 24.8 Å². The van der Waals surface area contributed by atoms with Gasteiger partial charge in [0.05, 0.1) is 0 Å². The lowest BCUT2D eigenvalue weighted by molar-refractivity contribution is -0.143. The van der Waals surface area contributed by atoms with Crippen LogP contribution in [0.5, 0.6) is 0 Å². The fraction of sp³-hybridized carbons (Fsp3) is 0.364. The number of nitrogens with two attached hydrogens (primary N) is 1. The third kappa shape index (κ3) is 1.85. The third-order valence-electron chi connectivity index (χ3n) is 2.94. The molecule has 0 radical (unpaired) electrons. The highest BCUT2D eigenvalue weighted by molar-refractivity contribution is 6.30. The predicted molar refractivity (Wildman–Crippen MR) is 58.0 cm³/mol. The van der Waals surface area contributed by atoms with Crippen molar-refractivity contribution in [2.24, 2.45) is 5.73 Å². The number of hydrogen-bond acceptors (Lipinski definition) is 2. The fourth-order valence-electron chi connectivity index (χ4n) is 1.97. The summed E-state index contributed by atoms with van der Waals surface area (Å²) in [4.78, 5) is 11.0. The van der Waals surface area contributed by atoms with E-state index in [2.05, 4.69) is 0 Å². The van der Waals surface area contributed by atoms with Gasteiger partial charge in [-0.25, -0.2) is 0 Å². The van der Waals surface area contributed by atoms with E-state index < -0.39 is 11.5 Å². The molecule has 0 saturated heterocycles. The average molecular weight is 226 g/mol. The molecule has 80 valence electrons. The summed E-state index contributed by atoms with van der Waals surface area (Å²) in [6.07, 6.45) is 1.55. The van der Waals surface area contributed by atoms with Crippen molar-refractivity contribution in [2.75, 3.05) is 0 Å². The number of fused-ring (bicyclic) bond motifs is 1. The van der Waals surface area contributed by atoms with Gasteiger partial charge in [-0.15, -0.1) is 0 Å². The zero-order chi connectivity index (χ0) is 11.1. The van der Waals surface area contributed by atoms with Gasteiger partial charge in [-0.1, -0.05) is 17.7 Å². The van der Waals surface area contributed by atoms with Crippen LogP contribution in [0.25, 0.3) is 0 Å². The third-order valence-corrected chi connectivity index (χ3v) is 3.18. The Morgan fingerprint density at radius 3 is 2.87 bits per heavy atom. The first-order chi connectivity index (χ1) is 7.01. The summed E-state index contributed by atoms with van der Waals surface area (Å²) in [5.41, 5.74) is 6.81. The quantitative estimate of drug-likeness (QED) is 0.763. The average Bonchev–Trinajstić information content (AvgIpc) is 2.16. The largest absolute Gasteiger partial charge is 0.480 e. The molecule has 0 spiro atoms. The summed E-state index contributed by atoms with van der Waals surface area (Å²) in [6, 6.07) is 5.57. The van der Waals surface area contributed by atoms with Gasteiger partial charge in [0, 0.05) is 11.4 Å². The van der Waals surface area contributed by atoms with Gasteiger partial charge in [-0.2, -0.15) is 0 Å². The molecule has 1 aliphatic carbocycles. The molecule has 0 fully saturated rings. The Morgan fingerprint density at radius 2 is 2.20 bits per heavy atom. The van der Waals surface area contributed by atoms with Gasteiger partial charge < -0.3 is 10.8 Å². The standard InChI is InChI=1S/C11H12ClNO2/c12-9-2-1-7-3-4-11(13,10(14)15)6-8(7)5-9/h1-2,5H,3-4,6,13H2,(H,14,15). The number of benzene rings is 1. The van der Waals surface area contributed by atoms with Gasteiger partial charge in [0.15, 0.2) is 0 Å². The summed E-state index contributed by atoms with van der Waals surface area (Å²) >= 11 is 5.86. The number of carboxylic acid groups (broad SMARTS) is 1. The first-order valence-corrected chi connectivity index (χ1v) is 5.19. The predicted octanol–water partition coefficient (Wildman–Crippen LogP) is 1.61. The molecule has 3 nitrogen and oxygen atoms in total. The maximum absolute atomic E-state index is 11.0. The summed E-state index contributed by atoms with van der Waals surface area (Å²) in [5.74, 6) is -0.937. The van der Waals surface area contributed by atoms with E-state index in [1.165, 1.54) is 0 Å². The summed E-state index contributed by atoms with van der Waals surface area (Å²) in [5, 5.41) is 9.66. The van der Waals surface area contributed by atoms with Crippen molar-refractivity contribution in [3.8, 4) is 0 Å². The zero-order valence-corrected chi connectivity index (χ0v) is 8.92. The highest BCUT2D eigenvalue weighted by Gasteiger charge is 2.37. The normalized spacial score (nSPS) is 24.7. The molecule has 0 heterocycles. The maximum Gasteiger partial charge on any atom is 0.324 e. The van der Waals surface area contributed by atoms with Crippen LogP contribution in [0.2, 0.25) is 5.02 Å². The molecule has 1 atom stereocenters. The van der Waals surface area contributed by atoms with E-state index in [4.69, 9.17) is 22.4 Å². The molecule has 0 aliphatic heterocycles. The van der Waals surface area contributed by atoms with Gasteiger partial charge in [-0.3, -0.25) is 4.79 Å². The van der Waals surface area contributed by atoms with Crippen molar-refractivity contribution in [1.29, 1.82) is 0 Å². The van der Waals surface area contributed by atoms with Gasteiger partial charge >= 0.3 is 5.97 Å². The van der Waals surface area contributed by atoms with Crippen LogP contribution in [-0.2, 0) is 17.6 Å². The van der Waals surface area contributed by atoms with Crippen LogP contribution in [0.3, 0.4) is 0 Å². The first kappa shape index (κ1) is 10.5. The second kappa shape index (κ2) is 3.51. The number of rotatable bonds is 1. The molecular weight excluding hydrogens is 214 g/mol. The molecule has 1 aromatic rings. The Hall–Kier alpha value is -1.06. The van der Waals surface area contributed by atoms with Crippen molar-refractivity contribution < 1.29 is 9.90 Å². The Balaban J connectivity index is 2.37. The molecule has 1 aliphatic rings. The Kier molecular flexibility index (Phi) is 2.44. The van der Waals surface area contributed by atoms with Gasteiger partial charge in [-0.05, 0) is 36.1 Å². The van der Waals surface area contributed by atoms with Crippen LogP contribution in [0, 0.1) is 0 Å². The number of carbonyl (C=O) groups is 1. The Labute approximate surface area is 92.8 Å². The van der Waals surface area contributed by atoms with E-state index in [-0.39, 0.29) is 0 Å². The van der Waals surface area contributed by atoms with E-state index in [1.54, 1.807) is 6.07 Å². The molecule has 0 saturated carbocycles. The highest BCUT2D eigenvalue weighted by Crippen LogP contribution is 2.29. The molecule has 1 unspecified atom stereocenters. The number of aryl methyl sites for hydroxylation is 1. The molecule has 1 aromatic carbocycles. The Morgan fingerprint density at radius 1 is 1.47 bits per heavy atom. The van der Waals surface area contributed by atoms with E-state index in [0.29, 0.717) is 24.3 Å². The van der Waals surface area contributed by atoms with Crippen LogP contribution < -0.4 is 5.73 Å². The van der Waals surface area contributed by atoms with Gasteiger partial charge in [0.2, 0.25) is 0 Å². The lowest BCUT2D eigenvalue weighted by atomic mass is 9.79. The SMILES string of the molecule is NC1(C(=O)O)CCc2ccc(Cl)cc2C1. The second-order valence-electron chi connectivity index (χ2n) is 4.05. The summed E-state index contributed by atoms with van der Waals surface area (Å²) < 4.78 is 0. The molecule has 2 rings (SSSR count). The van der Waals surface area contributed by atoms with E-state index in [9.17, 15) is 4.79 Å². The number of halogens is 1. The van der Waals surface area contributed by atoms with Crippen molar-refractivity contribution in [3.05, 3.63) is 34.3 Å². The highest BCUT2D eigenvalue weighted by atomic mass is 35.5. The molecule has 3 N–H and O–H groups in total. The molecule has 15 heavy (non-hydrogen) atoms. The van der Waals surface area contributed by atoms with Gasteiger partial charge in [0.25, 0.3) is 0 Å². The van der Waals surface area contributed by atoms with Crippen LogP contribution in [-0.4, -0.2) is 16.6 Å². The maximum atomic E-state index is 11.0. The summed E-state index contributed by atoms with van der Waals surface area (Å²) in [7, 11) is 0. The van der Waals surface area contributed by atoms with E-state index in [0.717, 1.165) is 11.1 Å². The molecule has 0 bridgehead atoms. The minimum absolute atomic E-state index is 0.359. The second-order valence-corrected chi connectivity index (χ2v) is 4.49. The van der Waals surface area contributed by atoms with Crippen molar-refractivity contribution >= 4 is 17.6 Å². The minimum atomic E-state index is -1.13. The van der Waals surface area contributed by atoms with E-state index in [1.807, 2.05) is 12.1 Å². The molecule has 0 amide bonds. The smallest absolute Gasteiger partial charge is 0.324 e. The van der Waals surface area contributed by atoms with Crippen LogP contribution >= 0.6 is 11.6 Å². The van der Waals surface area contributed by atoms with Crippen molar-refractivity contribution in [1.82, 2.24) is 0 Å². The zero-order valence-electron chi connectivity index (χ0n) is 8.16. The lowest BCUT2D eigenvalue weighted by Crippen LogP contribution is -2.52. The Bertz CT molecular complexity index is 419. The molecule has 4 heteroatoms. The first-order valence-electron chi connectivity index (χ1n) is 4.81. The van der Waals surface area contributed by atoms with Crippen molar-refractivity contribution in [3.63, 3.8) is 0 Å². The number of aliphatic carboxylic acids is 1. The van der Waals surface area contributed by atoms with E-state index >= 15 is 0 Å². The number of carboxylic acids is 1. The molecular formula is C11H12ClNO2. The van der Waals surface area contributed by atoms with Crippen LogP contribution in [0.15, 0.2) is 18.2 Å². The molecule has 0 aromatic heterocycles. The minimum Gasteiger partial charge on any atom is -0.480 e. The monoisotopic (exact) mass is 225 g/mol. The van der Waals surface area contributed by atoms with Gasteiger partial charge in [0.1, 0.15) is 5.54 Å².